The topological polar surface area (TPSA) is 54.0 Å². The fourth-order valence-corrected chi connectivity index (χ4v) is 1.20. The molecule has 0 unspecified atom stereocenters. The van der Waals surface area contributed by atoms with Crippen molar-refractivity contribution < 1.29 is 0 Å². The van der Waals surface area contributed by atoms with Crippen LogP contribution in [0.5, 0.6) is 0 Å². The molecule has 14 heavy (non-hydrogen) atoms. The van der Waals surface area contributed by atoms with Crippen molar-refractivity contribution in [2.45, 2.75) is 19.3 Å². The van der Waals surface area contributed by atoms with E-state index in [4.69, 9.17) is 5.26 Å². The Hall–Kier alpha value is -1.89. The minimum Gasteiger partial charge on any atom is -0.237 e. The van der Waals surface area contributed by atoms with Gasteiger partial charge in [0.1, 0.15) is 0 Å². The van der Waals surface area contributed by atoms with Gasteiger partial charge in [-0.25, -0.2) is 9.50 Å². The van der Waals surface area contributed by atoms with E-state index in [1.54, 1.807) is 16.9 Å². The van der Waals surface area contributed by atoms with Gasteiger partial charge >= 0.3 is 0 Å². The monoisotopic (exact) mass is 186 g/mol. The van der Waals surface area contributed by atoms with E-state index in [0.29, 0.717) is 0 Å². The second-order valence-electron chi connectivity index (χ2n) is 3.71. The van der Waals surface area contributed by atoms with E-state index in [0.717, 1.165) is 11.2 Å². The van der Waals surface area contributed by atoms with Crippen LogP contribution in [0.15, 0.2) is 24.7 Å². The normalized spacial score (nSPS) is 11.5. The van der Waals surface area contributed by atoms with Gasteiger partial charge in [-0.05, 0) is 13.8 Å². The van der Waals surface area contributed by atoms with Gasteiger partial charge in [-0.3, -0.25) is 0 Å². The molecule has 4 heteroatoms. The van der Waals surface area contributed by atoms with Crippen molar-refractivity contribution in [3.63, 3.8) is 0 Å². The van der Waals surface area contributed by atoms with Crippen molar-refractivity contribution in [2.24, 2.45) is 0 Å². The summed E-state index contributed by atoms with van der Waals surface area (Å²) in [5, 5.41) is 13.0. The molecule has 2 aromatic heterocycles. The molecule has 0 N–H and O–H groups in total. The first-order valence-electron chi connectivity index (χ1n) is 4.34. The highest BCUT2D eigenvalue weighted by Crippen LogP contribution is 2.20. The molecule has 0 fully saturated rings. The number of hydrogen-bond acceptors (Lipinski definition) is 3. The first kappa shape index (κ1) is 8.70. The molecule has 0 radical (unpaired) electrons. The molecule has 2 rings (SSSR count). The van der Waals surface area contributed by atoms with Gasteiger partial charge in [-0.15, -0.1) is 0 Å². The average molecular weight is 186 g/mol. The van der Waals surface area contributed by atoms with Crippen LogP contribution in [0.4, 0.5) is 0 Å². The number of fused-ring (bicyclic) bond motifs is 1. The van der Waals surface area contributed by atoms with Gasteiger partial charge < -0.3 is 0 Å². The molecule has 0 bridgehead atoms. The van der Waals surface area contributed by atoms with Crippen LogP contribution in [-0.2, 0) is 5.41 Å². The number of nitrogens with zero attached hydrogens (tertiary/aromatic N) is 4. The van der Waals surface area contributed by atoms with Crippen LogP contribution in [0.2, 0.25) is 0 Å². The molecule has 2 heterocycles. The number of aromatic nitrogens is 3. The first-order chi connectivity index (χ1) is 6.63. The van der Waals surface area contributed by atoms with E-state index in [1.807, 2.05) is 26.1 Å². The highest BCUT2D eigenvalue weighted by molar-refractivity contribution is 5.38. The van der Waals surface area contributed by atoms with E-state index < -0.39 is 5.41 Å². The van der Waals surface area contributed by atoms with Gasteiger partial charge in [0.05, 0.1) is 17.7 Å². The summed E-state index contributed by atoms with van der Waals surface area (Å²) >= 11 is 0. The van der Waals surface area contributed by atoms with Crippen LogP contribution >= 0.6 is 0 Å². The molecular weight excluding hydrogens is 176 g/mol. The van der Waals surface area contributed by atoms with Gasteiger partial charge in [0.15, 0.2) is 5.65 Å². The molecule has 0 aliphatic heterocycles. The Morgan fingerprint density at radius 2 is 2.29 bits per heavy atom. The highest BCUT2D eigenvalue weighted by Gasteiger charge is 2.20. The maximum absolute atomic E-state index is 8.96. The highest BCUT2D eigenvalue weighted by atomic mass is 15.2. The largest absolute Gasteiger partial charge is 0.237 e. The predicted octanol–water partition coefficient (Wildman–Crippen LogP) is 1.53. The zero-order valence-electron chi connectivity index (χ0n) is 8.10. The van der Waals surface area contributed by atoms with Gasteiger partial charge in [-0.1, -0.05) is 0 Å². The summed E-state index contributed by atoms with van der Waals surface area (Å²) in [5.41, 5.74) is 1.14. The standard InChI is InChI=1S/C10H10N4/c1-10(2,7-11)8-5-12-9-3-4-13-14(9)6-8/h3-6H,1-2H3. The maximum atomic E-state index is 8.96. The second-order valence-corrected chi connectivity index (χ2v) is 3.71. The average Bonchev–Trinajstić information content (AvgIpc) is 2.64. The van der Waals surface area contributed by atoms with Crippen LogP contribution in [0, 0.1) is 11.3 Å². The lowest BCUT2D eigenvalue weighted by atomic mass is 9.89. The van der Waals surface area contributed by atoms with Crippen molar-refractivity contribution in [1.29, 1.82) is 5.26 Å². The SMILES string of the molecule is CC(C)(C#N)c1cnc2ccnn2c1. The third-order valence-corrected chi connectivity index (χ3v) is 2.25. The molecule has 0 aliphatic rings. The van der Waals surface area contributed by atoms with Crippen molar-refractivity contribution in [1.82, 2.24) is 14.6 Å². The fraction of sp³-hybridized carbons (Fsp3) is 0.300. The third-order valence-electron chi connectivity index (χ3n) is 2.25. The van der Waals surface area contributed by atoms with Crippen molar-refractivity contribution in [3.8, 4) is 6.07 Å². The Balaban J connectivity index is 2.61. The molecule has 0 aliphatic carbocycles. The van der Waals surface area contributed by atoms with Crippen LogP contribution < -0.4 is 0 Å². The Kier molecular flexibility index (Phi) is 1.74. The Morgan fingerprint density at radius 3 is 3.00 bits per heavy atom. The third kappa shape index (κ3) is 1.23. The molecular formula is C10H10N4. The van der Waals surface area contributed by atoms with Crippen LogP contribution in [-0.4, -0.2) is 14.6 Å². The molecule has 0 amide bonds. The summed E-state index contributed by atoms with van der Waals surface area (Å²) in [6, 6.07) is 4.06. The van der Waals surface area contributed by atoms with Gasteiger partial charge in [0.2, 0.25) is 0 Å². The summed E-state index contributed by atoms with van der Waals surface area (Å²) in [4.78, 5) is 4.20. The minimum absolute atomic E-state index is 0.521. The Labute approximate surface area is 81.8 Å². The lowest BCUT2D eigenvalue weighted by Crippen LogP contribution is -2.15. The summed E-state index contributed by atoms with van der Waals surface area (Å²) in [6.07, 6.45) is 5.25. The summed E-state index contributed by atoms with van der Waals surface area (Å²) in [7, 11) is 0. The maximum Gasteiger partial charge on any atom is 0.154 e. The minimum atomic E-state index is -0.521. The number of hydrogen-bond donors (Lipinski definition) is 0. The molecule has 0 saturated heterocycles. The molecule has 0 atom stereocenters. The van der Waals surface area contributed by atoms with Crippen LogP contribution in [0.3, 0.4) is 0 Å². The first-order valence-corrected chi connectivity index (χ1v) is 4.34. The van der Waals surface area contributed by atoms with E-state index in [2.05, 4.69) is 16.2 Å². The Morgan fingerprint density at radius 1 is 1.50 bits per heavy atom. The lowest BCUT2D eigenvalue weighted by Gasteiger charge is -2.14. The zero-order chi connectivity index (χ0) is 10.2. The zero-order valence-corrected chi connectivity index (χ0v) is 8.10. The van der Waals surface area contributed by atoms with Crippen molar-refractivity contribution >= 4 is 5.65 Å². The number of nitriles is 1. The van der Waals surface area contributed by atoms with E-state index in [9.17, 15) is 0 Å². The summed E-state index contributed by atoms with van der Waals surface area (Å²) in [6.45, 7) is 3.72. The van der Waals surface area contributed by atoms with Crippen LogP contribution in [0.1, 0.15) is 19.4 Å². The summed E-state index contributed by atoms with van der Waals surface area (Å²) in [5.74, 6) is 0. The van der Waals surface area contributed by atoms with Gasteiger partial charge in [-0.2, -0.15) is 10.4 Å². The van der Waals surface area contributed by atoms with Gasteiger partial charge in [0, 0.05) is 24.0 Å². The fourth-order valence-electron chi connectivity index (χ4n) is 1.20. The predicted molar refractivity (Wildman–Crippen MR) is 51.6 cm³/mol. The molecule has 70 valence electrons. The second kappa shape index (κ2) is 2.81. The molecule has 4 nitrogen and oxygen atoms in total. The van der Waals surface area contributed by atoms with E-state index in [1.165, 1.54) is 0 Å². The summed E-state index contributed by atoms with van der Waals surface area (Å²) < 4.78 is 1.68. The number of rotatable bonds is 1. The lowest BCUT2D eigenvalue weighted by molar-refractivity contribution is 0.672. The van der Waals surface area contributed by atoms with Crippen LogP contribution in [0.25, 0.3) is 5.65 Å². The molecule has 2 aromatic rings. The molecule has 0 aromatic carbocycles. The van der Waals surface area contributed by atoms with Crippen molar-refractivity contribution in [3.05, 3.63) is 30.2 Å². The molecule has 0 spiro atoms. The Bertz CT molecular complexity index is 504. The quantitative estimate of drug-likeness (QED) is 0.678. The van der Waals surface area contributed by atoms with E-state index in [-0.39, 0.29) is 0 Å². The molecule has 0 saturated carbocycles. The van der Waals surface area contributed by atoms with Gasteiger partial charge in [0.25, 0.3) is 0 Å². The van der Waals surface area contributed by atoms with E-state index >= 15 is 0 Å². The smallest absolute Gasteiger partial charge is 0.154 e. The van der Waals surface area contributed by atoms with Crippen molar-refractivity contribution in [2.75, 3.05) is 0 Å².